The maximum atomic E-state index is 9.51. The second-order valence-electron chi connectivity index (χ2n) is 4.69. The molecule has 0 amide bonds. The Hall–Kier alpha value is -3.08. The van der Waals surface area contributed by atoms with Crippen LogP contribution in [0.1, 0.15) is 10.6 Å². The van der Waals surface area contributed by atoms with Gasteiger partial charge >= 0.3 is 0 Å². The lowest BCUT2D eigenvalue weighted by atomic mass is 10.1. The summed E-state index contributed by atoms with van der Waals surface area (Å²) in [5.74, 6) is 3.09. The summed E-state index contributed by atoms with van der Waals surface area (Å²) in [6.07, 6.45) is 7.02. The normalized spacial score (nSPS) is 11.0. The van der Waals surface area contributed by atoms with Crippen molar-refractivity contribution >= 4 is 33.2 Å². The molecule has 0 unspecified atom stereocenters. The van der Waals surface area contributed by atoms with Crippen molar-refractivity contribution in [2.75, 3.05) is 6.61 Å². The molecule has 0 spiro atoms. The molecule has 3 nitrogen and oxygen atoms in total. The van der Waals surface area contributed by atoms with Crippen LogP contribution < -0.4 is 4.74 Å². The quantitative estimate of drug-likeness (QED) is 0.530. The Morgan fingerprint density at radius 1 is 1.22 bits per heavy atom. The molecule has 0 aliphatic heterocycles. The molecule has 0 N–H and O–H groups in total. The number of fused-ring (bicyclic) bond motifs is 1. The van der Waals surface area contributed by atoms with E-state index >= 15 is 0 Å². The predicted molar refractivity (Wildman–Crippen MR) is 93.9 cm³/mol. The van der Waals surface area contributed by atoms with Crippen molar-refractivity contribution in [1.29, 1.82) is 5.26 Å². The number of hydrogen-bond acceptors (Lipinski definition) is 4. The van der Waals surface area contributed by atoms with Gasteiger partial charge in [-0.1, -0.05) is 36.3 Å². The molecule has 23 heavy (non-hydrogen) atoms. The molecule has 0 atom stereocenters. The third kappa shape index (κ3) is 3.23. The number of nitriles is 1. The molecular formula is C19H12N2OS. The summed E-state index contributed by atoms with van der Waals surface area (Å²) in [6, 6.07) is 17.5. The van der Waals surface area contributed by atoms with Crippen molar-refractivity contribution in [3.8, 4) is 24.2 Å². The number of terminal acetylenes is 1. The molecule has 0 saturated carbocycles. The summed E-state index contributed by atoms with van der Waals surface area (Å²) in [5.41, 5.74) is 2.20. The summed E-state index contributed by atoms with van der Waals surface area (Å²) in [5, 5.41) is 10.2. The third-order valence-corrected chi connectivity index (χ3v) is 4.24. The molecule has 3 rings (SSSR count). The van der Waals surface area contributed by atoms with Gasteiger partial charge in [0.1, 0.15) is 23.4 Å². The minimum Gasteiger partial charge on any atom is -0.480 e. The number of hydrogen-bond donors (Lipinski definition) is 0. The molecule has 0 bridgehead atoms. The number of ether oxygens (including phenoxy) is 1. The Morgan fingerprint density at radius 3 is 2.78 bits per heavy atom. The van der Waals surface area contributed by atoms with Crippen LogP contribution in [0, 0.1) is 23.7 Å². The molecule has 1 heterocycles. The van der Waals surface area contributed by atoms with Crippen LogP contribution in [0.4, 0.5) is 0 Å². The van der Waals surface area contributed by atoms with E-state index in [0.717, 1.165) is 15.8 Å². The fraction of sp³-hybridized carbons (Fsp3) is 0.0526. The molecule has 0 radical (unpaired) electrons. The average Bonchev–Trinajstić information content (AvgIpc) is 3.02. The van der Waals surface area contributed by atoms with Crippen LogP contribution in [0.3, 0.4) is 0 Å². The SMILES string of the molecule is C#CCOc1ccccc1/C=C(\C#N)c1nc2ccccc2s1. The topological polar surface area (TPSA) is 45.9 Å². The zero-order valence-electron chi connectivity index (χ0n) is 12.2. The first-order valence-corrected chi connectivity index (χ1v) is 7.76. The van der Waals surface area contributed by atoms with E-state index in [1.54, 1.807) is 6.08 Å². The number of benzene rings is 2. The minimum atomic E-state index is 0.188. The van der Waals surface area contributed by atoms with E-state index in [4.69, 9.17) is 11.2 Å². The van der Waals surface area contributed by atoms with Crippen molar-refractivity contribution in [2.45, 2.75) is 0 Å². The standard InChI is InChI=1S/C19H12N2OS/c1-2-11-22-17-9-5-3-7-14(17)12-15(13-20)19-21-16-8-4-6-10-18(16)23-19/h1,3-10,12H,11H2/b15-12+. The van der Waals surface area contributed by atoms with E-state index in [0.29, 0.717) is 16.3 Å². The Kier molecular flexibility index (Phi) is 4.38. The largest absolute Gasteiger partial charge is 0.480 e. The summed E-state index contributed by atoms with van der Waals surface area (Å²) < 4.78 is 6.58. The highest BCUT2D eigenvalue weighted by atomic mass is 32.1. The highest BCUT2D eigenvalue weighted by Crippen LogP contribution is 2.29. The van der Waals surface area contributed by atoms with Gasteiger partial charge in [-0.15, -0.1) is 17.8 Å². The summed E-state index contributed by atoms with van der Waals surface area (Å²) >= 11 is 1.50. The zero-order chi connectivity index (χ0) is 16.1. The van der Waals surface area contributed by atoms with Gasteiger partial charge in [0, 0.05) is 5.56 Å². The second-order valence-corrected chi connectivity index (χ2v) is 5.72. The first-order valence-electron chi connectivity index (χ1n) is 6.95. The van der Waals surface area contributed by atoms with Gasteiger partial charge in [0.15, 0.2) is 0 Å². The highest BCUT2D eigenvalue weighted by molar-refractivity contribution is 7.19. The van der Waals surface area contributed by atoms with Gasteiger partial charge in [-0.05, 0) is 24.3 Å². The number of para-hydroxylation sites is 2. The molecule has 1 aromatic heterocycles. The van der Waals surface area contributed by atoms with E-state index < -0.39 is 0 Å². The summed E-state index contributed by atoms with van der Waals surface area (Å²) in [7, 11) is 0. The maximum Gasteiger partial charge on any atom is 0.148 e. The van der Waals surface area contributed by atoms with Crippen LogP contribution in [0.25, 0.3) is 21.9 Å². The lowest BCUT2D eigenvalue weighted by Gasteiger charge is -2.06. The number of rotatable bonds is 4. The van der Waals surface area contributed by atoms with Gasteiger partial charge < -0.3 is 4.74 Å². The van der Waals surface area contributed by atoms with E-state index in [2.05, 4.69) is 17.0 Å². The van der Waals surface area contributed by atoms with Gasteiger partial charge in [0.25, 0.3) is 0 Å². The minimum absolute atomic E-state index is 0.188. The van der Waals surface area contributed by atoms with Crippen molar-refractivity contribution in [2.24, 2.45) is 0 Å². The van der Waals surface area contributed by atoms with Crippen LogP contribution in [-0.4, -0.2) is 11.6 Å². The zero-order valence-corrected chi connectivity index (χ0v) is 13.0. The second kappa shape index (κ2) is 6.79. The molecule has 3 aromatic rings. The molecule has 0 aliphatic carbocycles. The number of aromatic nitrogens is 1. The lowest BCUT2D eigenvalue weighted by Crippen LogP contribution is -1.95. The Labute approximate surface area is 138 Å². The van der Waals surface area contributed by atoms with Crippen LogP contribution in [-0.2, 0) is 0 Å². The van der Waals surface area contributed by atoms with Gasteiger partial charge in [-0.2, -0.15) is 5.26 Å². The highest BCUT2D eigenvalue weighted by Gasteiger charge is 2.10. The van der Waals surface area contributed by atoms with Gasteiger partial charge in [0.05, 0.1) is 15.8 Å². The van der Waals surface area contributed by atoms with Crippen LogP contribution >= 0.6 is 11.3 Å². The van der Waals surface area contributed by atoms with Crippen molar-refractivity contribution in [1.82, 2.24) is 4.98 Å². The predicted octanol–water partition coefficient (Wildman–Crippen LogP) is 4.37. The fourth-order valence-corrected chi connectivity index (χ4v) is 3.07. The number of nitrogens with zero attached hydrogens (tertiary/aromatic N) is 2. The Balaban J connectivity index is 2.03. The first kappa shape index (κ1) is 14.8. The van der Waals surface area contributed by atoms with Crippen LogP contribution in [0.2, 0.25) is 0 Å². The lowest BCUT2D eigenvalue weighted by molar-refractivity contribution is 0.369. The monoisotopic (exact) mass is 316 g/mol. The summed E-state index contributed by atoms with van der Waals surface area (Å²) in [6.45, 7) is 0.188. The average molecular weight is 316 g/mol. The molecule has 0 fully saturated rings. The van der Waals surface area contributed by atoms with Gasteiger partial charge in [-0.25, -0.2) is 4.98 Å². The molecule has 0 saturated heterocycles. The van der Waals surface area contributed by atoms with E-state index in [-0.39, 0.29) is 6.61 Å². The first-order chi connectivity index (χ1) is 11.3. The molecule has 4 heteroatoms. The van der Waals surface area contributed by atoms with Crippen LogP contribution in [0.15, 0.2) is 48.5 Å². The number of allylic oxidation sites excluding steroid dienone is 1. The molecule has 0 aliphatic rings. The van der Waals surface area contributed by atoms with E-state index in [9.17, 15) is 5.26 Å². The number of thiazole rings is 1. The third-order valence-electron chi connectivity index (χ3n) is 3.17. The molecule has 110 valence electrons. The fourth-order valence-electron chi connectivity index (χ4n) is 2.14. The molecular weight excluding hydrogens is 304 g/mol. The van der Waals surface area contributed by atoms with Gasteiger partial charge in [-0.3, -0.25) is 0 Å². The Bertz CT molecular complexity index is 924. The van der Waals surface area contributed by atoms with Crippen LogP contribution in [0.5, 0.6) is 5.75 Å². The Morgan fingerprint density at radius 2 is 2.00 bits per heavy atom. The van der Waals surface area contributed by atoms with E-state index in [1.165, 1.54) is 11.3 Å². The molecule has 2 aromatic carbocycles. The van der Waals surface area contributed by atoms with Gasteiger partial charge in [0.2, 0.25) is 0 Å². The maximum absolute atomic E-state index is 9.51. The van der Waals surface area contributed by atoms with E-state index in [1.807, 2.05) is 48.5 Å². The van der Waals surface area contributed by atoms with Crippen molar-refractivity contribution < 1.29 is 4.74 Å². The summed E-state index contributed by atoms with van der Waals surface area (Å²) in [4.78, 5) is 4.53. The van der Waals surface area contributed by atoms with Crippen molar-refractivity contribution in [3.05, 3.63) is 59.1 Å². The van der Waals surface area contributed by atoms with Crippen molar-refractivity contribution in [3.63, 3.8) is 0 Å². The smallest absolute Gasteiger partial charge is 0.148 e.